The number of hydrogen-bond acceptors (Lipinski definition) is 6. The van der Waals surface area contributed by atoms with Crippen molar-refractivity contribution < 1.29 is 22.7 Å². The summed E-state index contributed by atoms with van der Waals surface area (Å²) in [5.74, 6) is 0.966. The summed E-state index contributed by atoms with van der Waals surface area (Å²) >= 11 is 0. The van der Waals surface area contributed by atoms with E-state index in [2.05, 4.69) is 10.2 Å². The Morgan fingerprint density at radius 1 is 1.11 bits per heavy atom. The lowest BCUT2D eigenvalue weighted by Crippen LogP contribution is -2.47. The molecule has 0 aromatic carbocycles. The van der Waals surface area contributed by atoms with Gasteiger partial charge >= 0.3 is 0 Å². The van der Waals surface area contributed by atoms with Crippen molar-refractivity contribution in [1.29, 1.82) is 0 Å². The van der Waals surface area contributed by atoms with Gasteiger partial charge in [0.2, 0.25) is 21.8 Å². The van der Waals surface area contributed by atoms with Crippen molar-refractivity contribution in [2.24, 2.45) is 17.8 Å². The first-order valence-electron chi connectivity index (χ1n) is 13.6. The molecule has 2 amide bonds. The van der Waals surface area contributed by atoms with E-state index in [1.54, 1.807) is 38.1 Å². The lowest BCUT2D eigenvalue weighted by atomic mass is 9.81. The molecule has 0 spiro atoms. The van der Waals surface area contributed by atoms with E-state index in [4.69, 9.17) is 4.74 Å². The molecular weight excluding hydrogens is 492 g/mol. The molecule has 2 fully saturated rings. The predicted octanol–water partition coefficient (Wildman–Crippen LogP) is 2.22. The van der Waals surface area contributed by atoms with Crippen LogP contribution in [0.4, 0.5) is 0 Å². The highest BCUT2D eigenvalue weighted by atomic mass is 32.2. The average molecular weight is 539 g/mol. The van der Waals surface area contributed by atoms with Gasteiger partial charge in [-0.3, -0.25) is 9.59 Å². The maximum Gasteiger partial charge on any atom is 0.241 e. The molecule has 2 aliphatic carbocycles. The molecule has 2 atom stereocenters. The molecule has 0 radical (unpaired) electrons. The fraction of sp³-hybridized carbons (Fsp3) is 0.778. The number of ether oxygens (including phenoxy) is 1. The summed E-state index contributed by atoms with van der Waals surface area (Å²) in [6.45, 7) is 7.51. The van der Waals surface area contributed by atoms with Crippen LogP contribution in [-0.2, 0) is 24.3 Å². The van der Waals surface area contributed by atoms with Crippen molar-refractivity contribution in [3.63, 3.8) is 0 Å². The van der Waals surface area contributed by atoms with Crippen LogP contribution in [0.5, 0.6) is 0 Å². The Hall–Kier alpha value is -1.91. The van der Waals surface area contributed by atoms with Gasteiger partial charge in [-0.25, -0.2) is 8.42 Å². The second-order valence-corrected chi connectivity index (χ2v) is 13.3. The molecule has 1 aliphatic heterocycles. The van der Waals surface area contributed by atoms with E-state index >= 15 is 0 Å². The van der Waals surface area contributed by atoms with Crippen LogP contribution in [0.2, 0.25) is 0 Å². The Morgan fingerprint density at radius 3 is 2.32 bits per heavy atom. The minimum Gasteiger partial charge on any atom is -0.497 e. The van der Waals surface area contributed by atoms with Crippen molar-refractivity contribution >= 4 is 21.8 Å². The Morgan fingerprint density at radius 2 is 1.73 bits per heavy atom. The quantitative estimate of drug-likeness (QED) is 0.433. The highest BCUT2D eigenvalue weighted by Crippen LogP contribution is 2.31. The van der Waals surface area contributed by atoms with Gasteiger partial charge < -0.3 is 19.9 Å². The minimum absolute atomic E-state index is 0.133. The van der Waals surface area contributed by atoms with Crippen LogP contribution >= 0.6 is 0 Å². The molecule has 10 heteroatoms. The number of sulfonamides is 1. The summed E-state index contributed by atoms with van der Waals surface area (Å²) < 4.78 is 32.7. The van der Waals surface area contributed by atoms with E-state index in [1.165, 1.54) is 52.4 Å². The summed E-state index contributed by atoms with van der Waals surface area (Å²) in [6, 6.07) is 0. The van der Waals surface area contributed by atoms with Gasteiger partial charge in [-0.1, -0.05) is 6.92 Å². The molecule has 9 nitrogen and oxygen atoms in total. The van der Waals surface area contributed by atoms with Crippen LogP contribution in [0.25, 0.3) is 0 Å². The van der Waals surface area contributed by atoms with E-state index < -0.39 is 21.2 Å². The monoisotopic (exact) mass is 538 g/mol. The van der Waals surface area contributed by atoms with Crippen LogP contribution in [-0.4, -0.2) is 100 Å². The molecule has 0 bridgehead atoms. The SMILES string of the molecule is COC1=CC(C)C(S(=O)(=O)N(C)CC(=O)NCC(=O)N(C)CC2CCC(CN3CCCC3)CC2)C(C)=C1. The normalized spacial score (nSPS) is 27.0. The molecule has 1 heterocycles. The van der Waals surface area contributed by atoms with Gasteiger partial charge in [-0.2, -0.15) is 4.31 Å². The van der Waals surface area contributed by atoms with Gasteiger partial charge in [0.15, 0.2) is 0 Å². The molecule has 1 N–H and O–H groups in total. The number of nitrogens with zero attached hydrogens (tertiary/aromatic N) is 3. The second-order valence-electron chi connectivity index (χ2n) is 11.2. The summed E-state index contributed by atoms with van der Waals surface area (Å²) in [7, 11) is 0.963. The fourth-order valence-electron chi connectivity index (χ4n) is 6.02. The molecule has 210 valence electrons. The highest BCUT2D eigenvalue weighted by molar-refractivity contribution is 7.90. The van der Waals surface area contributed by atoms with Crippen molar-refractivity contribution in [2.75, 3.05) is 60.5 Å². The Labute approximate surface area is 223 Å². The first-order valence-corrected chi connectivity index (χ1v) is 15.1. The maximum absolute atomic E-state index is 13.2. The Kier molecular flexibility index (Phi) is 10.6. The minimum atomic E-state index is -3.77. The lowest BCUT2D eigenvalue weighted by Gasteiger charge is -2.33. The molecule has 2 unspecified atom stereocenters. The van der Waals surface area contributed by atoms with Crippen LogP contribution < -0.4 is 5.32 Å². The van der Waals surface area contributed by atoms with Crippen molar-refractivity contribution in [3.8, 4) is 0 Å². The fourth-order valence-corrected chi connectivity index (χ4v) is 7.86. The number of carbonyl (C=O) groups is 2. The molecular formula is C27H46N4O5S. The van der Waals surface area contributed by atoms with E-state index in [0.29, 0.717) is 23.8 Å². The highest BCUT2D eigenvalue weighted by Gasteiger charge is 2.37. The number of carbonyl (C=O) groups excluding carboxylic acids is 2. The first-order chi connectivity index (χ1) is 17.5. The number of rotatable bonds is 11. The van der Waals surface area contributed by atoms with E-state index in [1.807, 2.05) is 6.92 Å². The van der Waals surface area contributed by atoms with E-state index in [-0.39, 0.29) is 24.9 Å². The molecule has 37 heavy (non-hydrogen) atoms. The van der Waals surface area contributed by atoms with Gasteiger partial charge in [0, 0.05) is 27.2 Å². The average Bonchev–Trinajstić information content (AvgIpc) is 3.36. The molecule has 0 aromatic rings. The zero-order chi connectivity index (χ0) is 27.2. The lowest BCUT2D eigenvalue weighted by molar-refractivity contribution is -0.132. The molecule has 3 aliphatic rings. The Bertz CT molecular complexity index is 965. The van der Waals surface area contributed by atoms with Crippen molar-refractivity contribution in [1.82, 2.24) is 19.4 Å². The van der Waals surface area contributed by atoms with E-state index in [0.717, 1.165) is 23.1 Å². The third-order valence-corrected chi connectivity index (χ3v) is 10.6. The van der Waals surface area contributed by atoms with Crippen LogP contribution in [0.1, 0.15) is 52.4 Å². The smallest absolute Gasteiger partial charge is 0.241 e. The van der Waals surface area contributed by atoms with Gasteiger partial charge in [-0.05, 0) is 94.0 Å². The molecule has 3 rings (SSSR count). The zero-order valence-electron chi connectivity index (χ0n) is 23.2. The van der Waals surface area contributed by atoms with Gasteiger partial charge in [0.05, 0.1) is 20.2 Å². The number of likely N-dealkylation sites (N-methyl/N-ethyl adjacent to an activating group) is 2. The molecule has 1 saturated heterocycles. The number of likely N-dealkylation sites (tertiary alicyclic amines) is 1. The predicted molar refractivity (Wildman–Crippen MR) is 145 cm³/mol. The van der Waals surface area contributed by atoms with Gasteiger partial charge in [-0.15, -0.1) is 0 Å². The second kappa shape index (κ2) is 13.2. The van der Waals surface area contributed by atoms with Gasteiger partial charge in [0.1, 0.15) is 11.0 Å². The standard InChI is InChI=1S/C27H46N4O5S/c1-20-14-24(36-5)15-21(2)27(20)37(34,35)30(4)19-25(32)28-16-26(33)29(3)17-22-8-10-23(11-9-22)18-31-12-6-7-13-31/h14-15,20,22-23,27H,6-13,16-19H2,1-5H3,(H,28,32). The third-order valence-electron chi connectivity index (χ3n) is 8.16. The zero-order valence-corrected chi connectivity index (χ0v) is 24.1. The third kappa shape index (κ3) is 8.04. The van der Waals surface area contributed by atoms with Gasteiger partial charge in [0.25, 0.3) is 0 Å². The van der Waals surface area contributed by atoms with Crippen LogP contribution in [0, 0.1) is 17.8 Å². The number of amides is 2. The summed E-state index contributed by atoms with van der Waals surface area (Å²) in [5.41, 5.74) is 0.668. The maximum atomic E-state index is 13.2. The number of methoxy groups -OCH3 is 1. The number of nitrogens with one attached hydrogen (secondary N) is 1. The summed E-state index contributed by atoms with van der Waals surface area (Å²) in [5, 5.41) is 1.84. The summed E-state index contributed by atoms with van der Waals surface area (Å²) in [4.78, 5) is 29.4. The first kappa shape index (κ1) is 29.6. The largest absolute Gasteiger partial charge is 0.497 e. The van der Waals surface area contributed by atoms with Crippen LogP contribution in [0.3, 0.4) is 0 Å². The summed E-state index contributed by atoms with van der Waals surface area (Å²) in [6.07, 6.45) is 10.9. The Balaban J connectivity index is 1.39. The van der Waals surface area contributed by atoms with Crippen LogP contribution in [0.15, 0.2) is 23.5 Å². The molecule has 0 aromatic heterocycles. The van der Waals surface area contributed by atoms with Crippen molar-refractivity contribution in [2.45, 2.75) is 57.6 Å². The number of allylic oxidation sites excluding steroid dienone is 2. The van der Waals surface area contributed by atoms with Crippen molar-refractivity contribution in [3.05, 3.63) is 23.5 Å². The number of hydrogen-bond donors (Lipinski definition) is 1. The molecule has 1 saturated carbocycles. The topological polar surface area (TPSA) is 99.3 Å². The van der Waals surface area contributed by atoms with E-state index in [9.17, 15) is 18.0 Å².